The topological polar surface area (TPSA) is 67.5 Å². The van der Waals surface area contributed by atoms with E-state index in [1.807, 2.05) is 12.1 Å². The Kier molecular flexibility index (Phi) is 5.64. The van der Waals surface area contributed by atoms with Crippen molar-refractivity contribution in [2.24, 2.45) is 11.8 Å². The predicted octanol–water partition coefficient (Wildman–Crippen LogP) is 2.80. The first-order valence-electron chi connectivity index (χ1n) is 8.73. The molecule has 2 heterocycles. The van der Waals surface area contributed by atoms with Crippen LogP contribution in [0.2, 0.25) is 0 Å². The number of halogens is 1. The number of benzene rings is 1. The first-order valence-corrected chi connectivity index (χ1v) is 9.52. The highest BCUT2D eigenvalue weighted by Crippen LogP contribution is 2.21. The van der Waals surface area contributed by atoms with Crippen molar-refractivity contribution in [2.75, 3.05) is 19.6 Å². The highest BCUT2D eigenvalue weighted by atomic mass is 79.9. The van der Waals surface area contributed by atoms with Gasteiger partial charge in [0.05, 0.1) is 18.1 Å². The van der Waals surface area contributed by atoms with Crippen molar-refractivity contribution in [3.8, 4) is 0 Å². The zero-order valence-corrected chi connectivity index (χ0v) is 16.2. The Morgan fingerprint density at radius 1 is 1.44 bits per heavy atom. The standard InChI is InChI=1S/C18H24BrN3O3/c1-12(2)9-20-17(23)13-4-3-7-21(10-13)11-22-15-6-5-14(19)8-16(15)25-18(22)24/h5-6,8,12-13H,3-4,7,9-11H2,1-2H3,(H,20,23)/t13-/m0/s1. The lowest BCUT2D eigenvalue weighted by Gasteiger charge is -2.32. The van der Waals surface area contributed by atoms with E-state index in [0.717, 1.165) is 29.4 Å². The Morgan fingerprint density at radius 2 is 2.24 bits per heavy atom. The number of rotatable bonds is 5. The number of nitrogens with zero attached hydrogens (tertiary/aromatic N) is 2. The van der Waals surface area contributed by atoms with Crippen LogP contribution >= 0.6 is 15.9 Å². The molecule has 2 aromatic rings. The van der Waals surface area contributed by atoms with Crippen molar-refractivity contribution in [3.63, 3.8) is 0 Å². The van der Waals surface area contributed by atoms with E-state index >= 15 is 0 Å². The summed E-state index contributed by atoms with van der Waals surface area (Å²) in [5.41, 5.74) is 1.35. The third kappa shape index (κ3) is 4.33. The highest BCUT2D eigenvalue weighted by Gasteiger charge is 2.26. The van der Waals surface area contributed by atoms with E-state index in [2.05, 4.69) is 40.0 Å². The molecule has 0 bridgehead atoms. The van der Waals surface area contributed by atoms with Crippen molar-refractivity contribution in [1.29, 1.82) is 0 Å². The van der Waals surface area contributed by atoms with E-state index in [-0.39, 0.29) is 17.6 Å². The van der Waals surface area contributed by atoms with Crippen LogP contribution in [0.15, 0.2) is 31.9 Å². The number of hydrogen-bond acceptors (Lipinski definition) is 4. The summed E-state index contributed by atoms with van der Waals surface area (Å²) in [7, 11) is 0. The van der Waals surface area contributed by atoms with Gasteiger partial charge in [-0.2, -0.15) is 0 Å². The van der Waals surface area contributed by atoms with Crippen molar-refractivity contribution < 1.29 is 9.21 Å². The smallest absolute Gasteiger partial charge is 0.408 e. The summed E-state index contributed by atoms with van der Waals surface area (Å²) >= 11 is 3.39. The maximum atomic E-state index is 12.3. The lowest BCUT2D eigenvalue weighted by atomic mass is 9.97. The van der Waals surface area contributed by atoms with Crippen LogP contribution in [0.3, 0.4) is 0 Å². The fourth-order valence-corrected chi connectivity index (χ4v) is 3.56. The molecule has 3 rings (SSSR count). The summed E-state index contributed by atoms with van der Waals surface area (Å²) in [6, 6.07) is 5.57. The molecule has 0 saturated carbocycles. The van der Waals surface area contributed by atoms with E-state index in [9.17, 15) is 9.59 Å². The maximum Gasteiger partial charge on any atom is 0.421 e. The summed E-state index contributed by atoms with van der Waals surface area (Å²) in [4.78, 5) is 26.7. The maximum absolute atomic E-state index is 12.3. The van der Waals surface area contributed by atoms with Crippen molar-refractivity contribution in [2.45, 2.75) is 33.4 Å². The average molecular weight is 410 g/mol. The number of fused-ring (bicyclic) bond motifs is 1. The van der Waals surface area contributed by atoms with Crippen LogP contribution in [-0.2, 0) is 11.5 Å². The van der Waals surface area contributed by atoms with Gasteiger partial charge in [-0.1, -0.05) is 29.8 Å². The molecule has 1 aromatic carbocycles. The third-order valence-corrected chi connectivity index (χ3v) is 5.03. The van der Waals surface area contributed by atoms with E-state index in [4.69, 9.17) is 4.42 Å². The molecule has 136 valence electrons. The first kappa shape index (κ1) is 18.2. The zero-order valence-electron chi connectivity index (χ0n) is 14.6. The van der Waals surface area contributed by atoms with Crippen LogP contribution in [0.25, 0.3) is 11.1 Å². The molecule has 1 N–H and O–H groups in total. The number of likely N-dealkylation sites (tertiary alicyclic amines) is 1. The molecule has 0 unspecified atom stereocenters. The van der Waals surface area contributed by atoms with Gasteiger partial charge in [0.1, 0.15) is 0 Å². The number of carbonyl (C=O) groups is 1. The molecule has 7 heteroatoms. The largest absolute Gasteiger partial charge is 0.421 e. The lowest BCUT2D eigenvalue weighted by Crippen LogP contribution is -2.44. The van der Waals surface area contributed by atoms with Gasteiger partial charge >= 0.3 is 5.76 Å². The average Bonchev–Trinajstić information content (AvgIpc) is 2.87. The molecular weight excluding hydrogens is 386 g/mol. The minimum absolute atomic E-state index is 0.0180. The van der Waals surface area contributed by atoms with Gasteiger partial charge in [0.25, 0.3) is 0 Å². The van der Waals surface area contributed by atoms with Gasteiger partial charge in [0.2, 0.25) is 5.91 Å². The zero-order chi connectivity index (χ0) is 18.0. The van der Waals surface area contributed by atoms with Gasteiger partial charge in [0, 0.05) is 17.6 Å². The van der Waals surface area contributed by atoms with Gasteiger partial charge in [-0.3, -0.25) is 14.3 Å². The number of carbonyl (C=O) groups excluding carboxylic acids is 1. The van der Waals surface area contributed by atoms with Gasteiger partial charge in [0.15, 0.2) is 5.58 Å². The number of aromatic nitrogens is 1. The van der Waals surface area contributed by atoms with Crippen LogP contribution in [0, 0.1) is 11.8 Å². The molecule has 1 amide bonds. The van der Waals surface area contributed by atoms with Crippen LogP contribution in [0.4, 0.5) is 0 Å². The molecule has 1 atom stereocenters. The Labute approximate surface area is 155 Å². The SMILES string of the molecule is CC(C)CNC(=O)[C@H]1CCCN(Cn2c(=O)oc3cc(Br)ccc32)C1. The monoisotopic (exact) mass is 409 g/mol. The molecular formula is C18H24BrN3O3. The first-order chi connectivity index (χ1) is 11.9. The molecule has 0 spiro atoms. The van der Waals surface area contributed by atoms with Crippen LogP contribution in [0.5, 0.6) is 0 Å². The fourth-order valence-electron chi connectivity index (χ4n) is 3.22. The summed E-state index contributed by atoms with van der Waals surface area (Å²) in [5.74, 6) is 0.181. The van der Waals surface area contributed by atoms with Crippen molar-refractivity contribution in [3.05, 3.63) is 33.2 Å². The van der Waals surface area contributed by atoms with Crippen LogP contribution in [-0.4, -0.2) is 35.0 Å². The van der Waals surface area contributed by atoms with Crippen LogP contribution < -0.4 is 11.1 Å². The summed E-state index contributed by atoms with van der Waals surface area (Å²) in [5, 5.41) is 3.02. The number of amides is 1. The Balaban J connectivity index is 1.70. The van der Waals surface area contributed by atoms with E-state index in [1.165, 1.54) is 0 Å². The quantitative estimate of drug-likeness (QED) is 0.823. The number of hydrogen-bond donors (Lipinski definition) is 1. The number of oxazole rings is 1. The molecule has 1 fully saturated rings. The number of piperidine rings is 1. The second-order valence-corrected chi connectivity index (χ2v) is 8.02. The Hall–Kier alpha value is -1.60. The molecule has 1 aromatic heterocycles. The van der Waals surface area contributed by atoms with E-state index in [0.29, 0.717) is 31.3 Å². The molecule has 6 nitrogen and oxygen atoms in total. The molecule has 1 saturated heterocycles. The minimum atomic E-state index is -0.362. The predicted molar refractivity (Wildman–Crippen MR) is 100 cm³/mol. The summed E-state index contributed by atoms with van der Waals surface area (Å²) in [6.07, 6.45) is 1.85. The lowest BCUT2D eigenvalue weighted by molar-refractivity contribution is -0.127. The van der Waals surface area contributed by atoms with Gasteiger partial charge < -0.3 is 9.73 Å². The number of nitrogens with one attached hydrogen (secondary N) is 1. The van der Waals surface area contributed by atoms with Crippen molar-refractivity contribution in [1.82, 2.24) is 14.8 Å². The van der Waals surface area contributed by atoms with Crippen LogP contribution in [0.1, 0.15) is 26.7 Å². The van der Waals surface area contributed by atoms with Gasteiger partial charge in [-0.15, -0.1) is 0 Å². The molecule has 25 heavy (non-hydrogen) atoms. The molecule has 0 aliphatic carbocycles. The fraction of sp³-hybridized carbons (Fsp3) is 0.556. The van der Waals surface area contributed by atoms with E-state index in [1.54, 1.807) is 10.6 Å². The second kappa shape index (κ2) is 7.74. The van der Waals surface area contributed by atoms with E-state index < -0.39 is 0 Å². The molecule has 1 aliphatic heterocycles. The Bertz CT molecular complexity index is 811. The third-order valence-electron chi connectivity index (χ3n) is 4.53. The molecule has 0 radical (unpaired) electrons. The second-order valence-electron chi connectivity index (χ2n) is 7.10. The normalized spacial score (nSPS) is 18.8. The summed E-state index contributed by atoms with van der Waals surface area (Å²) in [6.45, 7) is 6.87. The van der Waals surface area contributed by atoms with Crippen molar-refractivity contribution >= 4 is 32.9 Å². The minimum Gasteiger partial charge on any atom is -0.408 e. The van der Waals surface area contributed by atoms with Gasteiger partial charge in [-0.05, 0) is 43.5 Å². The summed E-state index contributed by atoms with van der Waals surface area (Å²) < 4.78 is 7.84. The highest BCUT2D eigenvalue weighted by molar-refractivity contribution is 9.10. The van der Waals surface area contributed by atoms with Gasteiger partial charge in [-0.25, -0.2) is 4.79 Å². The molecule has 1 aliphatic rings. The Morgan fingerprint density at radius 3 is 3.00 bits per heavy atom.